The molecule has 1 amide bonds. The summed E-state index contributed by atoms with van der Waals surface area (Å²) >= 11 is 6.62. The molecule has 0 saturated carbocycles. The van der Waals surface area contributed by atoms with Crippen molar-refractivity contribution >= 4 is 34.1 Å². The topological polar surface area (TPSA) is 97.3 Å². The summed E-state index contributed by atoms with van der Waals surface area (Å²) in [5.74, 6) is -0.247. The van der Waals surface area contributed by atoms with Crippen molar-refractivity contribution in [2.45, 2.75) is 38.8 Å². The third-order valence-electron chi connectivity index (χ3n) is 7.65. The van der Waals surface area contributed by atoms with Gasteiger partial charge in [0.1, 0.15) is 12.7 Å². The molecule has 196 valence electrons. The number of nitrogens with zero attached hydrogens (tertiary/aromatic N) is 5. The van der Waals surface area contributed by atoms with E-state index in [4.69, 9.17) is 11.6 Å². The normalized spacial score (nSPS) is 17.3. The molecule has 2 aromatic heterocycles. The average molecular weight is 539 g/mol. The Morgan fingerprint density at radius 3 is 2.56 bits per heavy atom. The van der Waals surface area contributed by atoms with Crippen LogP contribution in [0, 0.1) is 6.92 Å². The number of rotatable bonds is 5. The van der Waals surface area contributed by atoms with Crippen LogP contribution in [-0.2, 0) is 18.5 Å². The van der Waals surface area contributed by atoms with Crippen molar-refractivity contribution in [2.75, 3.05) is 0 Å². The highest BCUT2D eigenvalue weighted by atomic mass is 35.5. The Hall–Kier alpha value is -4.43. The first-order valence-electron chi connectivity index (χ1n) is 12.7. The van der Waals surface area contributed by atoms with Crippen LogP contribution in [0.3, 0.4) is 0 Å². The van der Waals surface area contributed by atoms with E-state index in [-0.39, 0.29) is 5.91 Å². The minimum atomic E-state index is -0.681. The molecular formula is C30H27ClN6O2. The molecule has 0 radical (unpaired) electrons. The summed E-state index contributed by atoms with van der Waals surface area (Å²) in [4.78, 5) is 13.8. The Labute approximate surface area is 230 Å². The molecule has 8 nitrogen and oxygen atoms in total. The van der Waals surface area contributed by atoms with Gasteiger partial charge in [0.05, 0.1) is 28.4 Å². The molecule has 1 aliphatic rings. The molecule has 3 heterocycles. The van der Waals surface area contributed by atoms with E-state index >= 15 is 0 Å². The van der Waals surface area contributed by atoms with Gasteiger partial charge >= 0.3 is 0 Å². The highest BCUT2D eigenvalue weighted by Crippen LogP contribution is 2.40. The molecule has 6 rings (SSSR count). The second-order valence-electron chi connectivity index (χ2n) is 10.0. The molecule has 0 aliphatic carbocycles. The first-order chi connectivity index (χ1) is 18.9. The number of aromatic nitrogens is 4. The fourth-order valence-electron chi connectivity index (χ4n) is 5.73. The highest BCUT2D eigenvalue weighted by Gasteiger charge is 2.40. The maximum atomic E-state index is 13.8. The maximum Gasteiger partial charge on any atom is 0.253 e. The van der Waals surface area contributed by atoms with Crippen molar-refractivity contribution in [1.82, 2.24) is 24.6 Å². The number of amides is 1. The van der Waals surface area contributed by atoms with Crippen molar-refractivity contribution in [2.24, 2.45) is 5.16 Å². The van der Waals surface area contributed by atoms with Gasteiger partial charge in [-0.15, -0.1) is 10.2 Å². The number of carbonyl (C=O) groups is 1. The molecule has 0 spiro atoms. The Balaban J connectivity index is 1.43. The van der Waals surface area contributed by atoms with Gasteiger partial charge in [0.25, 0.3) is 5.91 Å². The average Bonchev–Trinajstić information content (AvgIpc) is 3.59. The summed E-state index contributed by atoms with van der Waals surface area (Å²) in [5.41, 5.74) is 6.30. The first-order valence-corrected chi connectivity index (χ1v) is 13.1. The monoisotopic (exact) mass is 538 g/mol. The van der Waals surface area contributed by atoms with Crippen molar-refractivity contribution in [3.8, 4) is 5.69 Å². The molecule has 3 aromatic carbocycles. The Morgan fingerprint density at radius 2 is 1.85 bits per heavy atom. The largest absolute Gasteiger partial charge is 0.411 e. The van der Waals surface area contributed by atoms with Crippen LogP contribution in [0.2, 0.25) is 5.02 Å². The van der Waals surface area contributed by atoms with Crippen LogP contribution in [0.1, 0.15) is 46.1 Å². The van der Waals surface area contributed by atoms with Crippen LogP contribution >= 0.6 is 11.6 Å². The maximum absolute atomic E-state index is 13.8. The molecular weight excluding hydrogens is 512 g/mol. The van der Waals surface area contributed by atoms with E-state index in [9.17, 15) is 10.0 Å². The first kappa shape index (κ1) is 24.9. The van der Waals surface area contributed by atoms with Gasteiger partial charge in [-0.2, -0.15) is 0 Å². The van der Waals surface area contributed by atoms with Gasteiger partial charge in [-0.1, -0.05) is 58.7 Å². The second-order valence-corrected chi connectivity index (χ2v) is 10.5. The fourth-order valence-corrected chi connectivity index (χ4v) is 5.99. The predicted molar refractivity (Wildman–Crippen MR) is 151 cm³/mol. The summed E-state index contributed by atoms with van der Waals surface area (Å²) in [5, 5.41) is 25.6. The number of hydrogen-bond donors (Lipinski definition) is 2. The number of halogens is 1. The smallest absolute Gasteiger partial charge is 0.253 e. The van der Waals surface area contributed by atoms with Gasteiger partial charge in [0.15, 0.2) is 0 Å². The lowest BCUT2D eigenvalue weighted by molar-refractivity contribution is 0.0868. The summed E-state index contributed by atoms with van der Waals surface area (Å²) in [6, 6.07) is 21.7. The van der Waals surface area contributed by atoms with E-state index in [1.807, 2.05) is 31.2 Å². The lowest BCUT2D eigenvalue weighted by atomic mass is 9.81. The predicted octanol–water partition coefficient (Wildman–Crippen LogP) is 5.65. The molecule has 1 atom stereocenters. The van der Waals surface area contributed by atoms with E-state index in [1.165, 1.54) is 0 Å². The number of fused-ring (bicyclic) bond motifs is 3. The standard InChI is InChI=1S/C30H27ClN6O2/c1-19-8-11-26-24(14-19)28(20(2)35-39)27-12-13-30(16-37(26)27,21-6-4-3-5-7-21)34-29(38)23-10-9-22(15-25(23)31)36-17-32-33-18-36/h3-11,14-15,17-18,39H,12-13,16H2,1-2H3,(H,34,38)/b35-20-/t30-/m1/s1. The van der Waals surface area contributed by atoms with Gasteiger partial charge in [-0.3, -0.25) is 9.36 Å². The van der Waals surface area contributed by atoms with Crippen molar-refractivity contribution < 1.29 is 10.0 Å². The number of nitrogens with one attached hydrogen (secondary N) is 1. The van der Waals surface area contributed by atoms with Gasteiger partial charge in [-0.25, -0.2) is 0 Å². The molecule has 9 heteroatoms. The molecule has 1 aliphatic heterocycles. The van der Waals surface area contributed by atoms with Crippen molar-refractivity contribution in [3.63, 3.8) is 0 Å². The lowest BCUT2D eigenvalue weighted by Gasteiger charge is -2.40. The Bertz CT molecular complexity index is 1730. The number of benzene rings is 3. The molecule has 0 saturated heterocycles. The van der Waals surface area contributed by atoms with Crippen LogP contribution in [-0.4, -0.2) is 36.2 Å². The van der Waals surface area contributed by atoms with Gasteiger partial charge in [0, 0.05) is 27.8 Å². The van der Waals surface area contributed by atoms with E-state index in [0.717, 1.165) is 39.0 Å². The summed E-state index contributed by atoms with van der Waals surface area (Å²) in [6.45, 7) is 4.40. The molecule has 2 N–H and O–H groups in total. The van der Waals surface area contributed by atoms with E-state index in [2.05, 4.69) is 62.5 Å². The minimum Gasteiger partial charge on any atom is -0.411 e. The molecule has 39 heavy (non-hydrogen) atoms. The summed E-state index contributed by atoms with van der Waals surface area (Å²) < 4.78 is 3.99. The van der Waals surface area contributed by atoms with E-state index in [1.54, 1.807) is 29.4 Å². The summed E-state index contributed by atoms with van der Waals surface area (Å²) in [6.07, 6.45) is 4.51. The van der Waals surface area contributed by atoms with Gasteiger partial charge < -0.3 is 15.1 Å². The van der Waals surface area contributed by atoms with Gasteiger partial charge in [-0.05, 0) is 62.6 Å². The zero-order chi connectivity index (χ0) is 27.1. The lowest BCUT2D eigenvalue weighted by Crippen LogP contribution is -2.51. The zero-order valence-electron chi connectivity index (χ0n) is 21.6. The Kier molecular flexibility index (Phi) is 6.19. The zero-order valence-corrected chi connectivity index (χ0v) is 22.4. The van der Waals surface area contributed by atoms with Crippen LogP contribution in [0.4, 0.5) is 0 Å². The molecule has 0 fully saturated rings. The van der Waals surface area contributed by atoms with Crippen molar-refractivity contribution in [3.05, 3.63) is 112 Å². The number of aryl methyl sites for hydroxylation is 1. The number of hydrogen-bond acceptors (Lipinski definition) is 5. The minimum absolute atomic E-state index is 0.247. The fraction of sp³-hybridized carbons (Fsp3) is 0.200. The van der Waals surface area contributed by atoms with Crippen LogP contribution < -0.4 is 5.32 Å². The third kappa shape index (κ3) is 4.27. The Morgan fingerprint density at radius 1 is 1.08 bits per heavy atom. The SMILES string of the molecule is C/C(=N/O)c1c2n(c3ccc(C)cc13)C[C@@](NC(=O)c1ccc(-n3cnnc3)cc1Cl)(c1ccccc1)CC2. The molecule has 5 aromatic rings. The van der Waals surface area contributed by atoms with Crippen LogP contribution in [0.5, 0.6) is 0 Å². The van der Waals surface area contributed by atoms with Gasteiger partial charge in [0.2, 0.25) is 0 Å². The van der Waals surface area contributed by atoms with Crippen LogP contribution in [0.25, 0.3) is 16.6 Å². The van der Waals surface area contributed by atoms with E-state index in [0.29, 0.717) is 35.7 Å². The van der Waals surface area contributed by atoms with E-state index < -0.39 is 5.54 Å². The second kappa shape index (κ2) is 9.71. The summed E-state index contributed by atoms with van der Waals surface area (Å²) in [7, 11) is 0. The third-order valence-corrected chi connectivity index (χ3v) is 7.96. The van der Waals surface area contributed by atoms with Crippen LogP contribution in [0.15, 0.2) is 84.5 Å². The number of oxime groups is 1. The highest BCUT2D eigenvalue weighted by molar-refractivity contribution is 6.34. The molecule has 0 unspecified atom stereocenters. The van der Waals surface area contributed by atoms with Crippen molar-refractivity contribution in [1.29, 1.82) is 0 Å². The number of carbonyl (C=O) groups excluding carboxylic acids is 1. The quantitative estimate of drug-likeness (QED) is 0.171. The molecule has 0 bridgehead atoms.